The first-order valence-corrected chi connectivity index (χ1v) is 6.87. The molecule has 2 rings (SSSR count). The van der Waals surface area contributed by atoms with E-state index in [0.29, 0.717) is 22.2 Å². The Hall–Kier alpha value is -2.68. The van der Waals surface area contributed by atoms with Crippen LogP contribution < -0.4 is 0 Å². The molecule has 1 aliphatic heterocycles. The Morgan fingerprint density at radius 3 is 2.73 bits per heavy atom. The minimum atomic E-state index is -1.29. The number of nitrogens with zero attached hydrogens (tertiary/aromatic N) is 2. The summed E-state index contributed by atoms with van der Waals surface area (Å²) in [6, 6.07) is 4.28. The van der Waals surface area contributed by atoms with Gasteiger partial charge in [0, 0.05) is 12.1 Å². The first-order valence-electron chi connectivity index (χ1n) is 6.05. The van der Waals surface area contributed by atoms with Crippen molar-refractivity contribution in [2.24, 2.45) is 0 Å². The number of carboxylic acids is 1. The number of benzene rings is 1. The van der Waals surface area contributed by atoms with Crippen LogP contribution in [-0.2, 0) is 9.59 Å². The maximum absolute atomic E-state index is 12.1. The molecule has 0 radical (unpaired) electrons. The summed E-state index contributed by atoms with van der Waals surface area (Å²) in [5.41, 5.74) is 0.231. The van der Waals surface area contributed by atoms with E-state index in [1.807, 2.05) is 0 Å². The van der Waals surface area contributed by atoms with Crippen LogP contribution in [0.1, 0.15) is 12.5 Å². The van der Waals surface area contributed by atoms with Gasteiger partial charge in [0.1, 0.15) is 6.04 Å². The fraction of sp³-hybridized carbons (Fsp3) is 0.154. The molecule has 9 heteroatoms. The lowest BCUT2D eigenvalue weighted by molar-refractivity contribution is -0.384. The molecule has 0 spiro atoms. The molecule has 0 bridgehead atoms. The number of hydrogen-bond donors (Lipinski definition) is 1. The van der Waals surface area contributed by atoms with Crippen LogP contribution in [0.25, 0.3) is 6.08 Å². The van der Waals surface area contributed by atoms with Gasteiger partial charge in [0.15, 0.2) is 0 Å². The van der Waals surface area contributed by atoms with Crippen LogP contribution in [0.2, 0.25) is 0 Å². The summed E-state index contributed by atoms with van der Waals surface area (Å²) in [7, 11) is 0. The zero-order valence-corrected chi connectivity index (χ0v) is 12.1. The van der Waals surface area contributed by atoms with E-state index in [-0.39, 0.29) is 10.6 Å². The van der Waals surface area contributed by atoms with Crippen molar-refractivity contribution in [1.29, 1.82) is 0 Å². The van der Waals surface area contributed by atoms with Gasteiger partial charge in [-0.05, 0) is 30.3 Å². The fourth-order valence-electron chi connectivity index (χ4n) is 1.80. The molecule has 1 N–H and O–H groups in total. The van der Waals surface area contributed by atoms with Crippen molar-refractivity contribution in [2.45, 2.75) is 13.0 Å². The number of carboxylic acid groups (broad SMARTS) is 1. The van der Waals surface area contributed by atoms with Crippen molar-refractivity contribution in [1.82, 2.24) is 4.90 Å². The third kappa shape index (κ3) is 2.98. The zero-order chi connectivity index (χ0) is 16.4. The van der Waals surface area contributed by atoms with E-state index in [1.54, 1.807) is 6.07 Å². The molecule has 1 heterocycles. The maximum Gasteiger partial charge on any atom is 0.326 e. The number of hydrogen-bond acceptors (Lipinski definition) is 6. The number of aliphatic carboxylic acids is 1. The largest absolute Gasteiger partial charge is 0.480 e. The highest BCUT2D eigenvalue weighted by Crippen LogP contribution is 2.33. The number of nitro groups is 1. The van der Waals surface area contributed by atoms with Crippen molar-refractivity contribution in [2.75, 3.05) is 0 Å². The topological polar surface area (TPSA) is 118 Å². The first-order chi connectivity index (χ1) is 10.3. The normalized spacial score (nSPS) is 17.9. The lowest BCUT2D eigenvalue weighted by atomic mass is 10.2. The molecular formula is C13H10N2O6S. The van der Waals surface area contributed by atoms with Crippen LogP contribution in [0.4, 0.5) is 10.5 Å². The first kappa shape index (κ1) is 15.7. The van der Waals surface area contributed by atoms with E-state index in [9.17, 15) is 24.5 Å². The second kappa shape index (κ2) is 5.98. The van der Waals surface area contributed by atoms with Gasteiger partial charge >= 0.3 is 5.97 Å². The number of nitro benzene ring substituents is 1. The molecule has 22 heavy (non-hydrogen) atoms. The minimum Gasteiger partial charge on any atom is -0.480 e. The predicted octanol–water partition coefficient (Wildman–Crippen LogP) is 2.10. The molecule has 0 saturated carbocycles. The number of rotatable bonds is 4. The highest BCUT2D eigenvalue weighted by Gasteiger charge is 2.40. The van der Waals surface area contributed by atoms with E-state index in [0.717, 1.165) is 0 Å². The predicted molar refractivity (Wildman–Crippen MR) is 78.0 cm³/mol. The average molecular weight is 322 g/mol. The molecule has 114 valence electrons. The summed E-state index contributed by atoms with van der Waals surface area (Å²) in [5.74, 6) is -2.02. The summed E-state index contributed by atoms with van der Waals surface area (Å²) < 4.78 is 0. The third-order valence-electron chi connectivity index (χ3n) is 2.95. The highest BCUT2D eigenvalue weighted by molar-refractivity contribution is 8.18. The summed E-state index contributed by atoms with van der Waals surface area (Å²) >= 11 is 0.602. The van der Waals surface area contributed by atoms with Gasteiger partial charge in [-0.15, -0.1) is 0 Å². The van der Waals surface area contributed by atoms with Crippen LogP contribution in [0.5, 0.6) is 0 Å². The molecule has 1 atom stereocenters. The Kier molecular flexibility index (Phi) is 4.27. The lowest BCUT2D eigenvalue weighted by Crippen LogP contribution is -2.41. The average Bonchev–Trinajstić information content (AvgIpc) is 2.73. The zero-order valence-electron chi connectivity index (χ0n) is 11.3. The quantitative estimate of drug-likeness (QED) is 0.512. The smallest absolute Gasteiger partial charge is 0.326 e. The van der Waals surface area contributed by atoms with E-state index in [2.05, 4.69) is 0 Å². The van der Waals surface area contributed by atoms with Gasteiger partial charge in [-0.1, -0.05) is 12.1 Å². The molecule has 1 aromatic carbocycles. The van der Waals surface area contributed by atoms with Gasteiger partial charge in [-0.25, -0.2) is 4.79 Å². The summed E-state index contributed by atoms with van der Waals surface area (Å²) in [6.45, 7) is 1.23. The van der Waals surface area contributed by atoms with Gasteiger partial charge in [0.25, 0.3) is 16.8 Å². The number of imide groups is 1. The van der Waals surface area contributed by atoms with Gasteiger partial charge in [0.05, 0.1) is 9.83 Å². The van der Waals surface area contributed by atoms with E-state index in [1.165, 1.54) is 31.2 Å². The lowest BCUT2D eigenvalue weighted by Gasteiger charge is -2.16. The van der Waals surface area contributed by atoms with Gasteiger partial charge in [0.2, 0.25) is 0 Å². The van der Waals surface area contributed by atoms with Gasteiger partial charge in [-0.2, -0.15) is 0 Å². The van der Waals surface area contributed by atoms with Crippen LogP contribution in [-0.4, -0.2) is 38.1 Å². The van der Waals surface area contributed by atoms with Crippen LogP contribution >= 0.6 is 11.8 Å². The minimum absolute atomic E-state index is 0.0265. The number of carbonyl (C=O) groups excluding carboxylic acids is 2. The van der Waals surface area contributed by atoms with E-state index < -0.39 is 28.1 Å². The Labute approximate surface area is 128 Å². The molecule has 0 aromatic heterocycles. The van der Waals surface area contributed by atoms with Crippen LogP contribution in [0.15, 0.2) is 29.2 Å². The standard InChI is InChI=1S/C13H10N2O6S/c1-7(12(17)18)14-11(16)10(22-13(14)19)6-8-3-2-4-9(5-8)15(20)21/h2-7H,1H3,(H,17,18)/b10-6+/t7-/m0/s1. The maximum atomic E-state index is 12.1. The van der Waals surface area contributed by atoms with Crippen molar-refractivity contribution < 1.29 is 24.4 Å². The second-order valence-corrected chi connectivity index (χ2v) is 5.41. The number of carbonyl (C=O) groups is 3. The van der Waals surface area contributed by atoms with Crippen LogP contribution in [0, 0.1) is 10.1 Å². The number of non-ortho nitro benzene ring substituents is 1. The Balaban J connectivity index is 2.32. The van der Waals surface area contributed by atoms with Gasteiger partial charge in [-0.3, -0.25) is 24.6 Å². The van der Waals surface area contributed by atoms with Crippen molar-refractivity contribution in [3.63, 3.8) is 0 Å². The molecule has 1 fully saturated rings. The van der Waals surface area contributed by atoms with Crippen molar-refractivity contribution in [3.8, 4) is 0 Å². The molecule has 1 saturated heterocycles. The SMILES string of the molecule is C[C@@H](C(=O)O)N1C(=O)S/C(=C/c2cccc([N+](=O)[O-])c2)C1=O. The molecule has 8 nitrogen and oxygen atoms in total. The summed E-state index contributed by atoms with van der Waals surface area (Å²) in [6.07, 6.45) is 1.33. The Morgan fingerprint density at radius 2 is 2.14 bits per heavy atom. The van der Waals surface area contributed by atoms with Crippen molar-refractivity contribution in [3.05, 3.63) is 44.8 Å². The molecule has 2 amide bonds. The molecular weight excluding hydrogens is 312 g/mol. The molecule has 0 aliphatic carbocycles. The molecule has 0 unspecified atom stereocenters. The van der Waals surface area contributed by atoms with E-state index in [4.69, 9.17) is 5.11 Å². The Bertz CT molecular complexity index is 714. The van der Waals surface area contributed by atoms with Crippen LogP contribution in [0.3, 0.4) is 0 Å². The number of thioether (sulfide) groups is 1. The highest BCUT2D eigenvalue weighted by atomic mass is 32.2. The third-order valence-corrected chi connectivity index (χ3v) is 3.83. The monoisotopic (exact) mass is 322 g/mol. The summed E-state index contributed by atoms with van der Waals surface area (Å²) in [4.78, 5) is 45.6. The fourth-order valence-corrected chi connectivity index (χ4v) is 2.71. The second-order valence-electron chi connectivity index (χ2n) is 4.42. The van der Waals surface area contributed by atoms with E-state index >= 15 is 0 Å². The number of amides is 2. The summed E-state index contributed by atoms with van der Waals surface area (Å²) in [5, 5.41) is 18.9. The van der Waals surface area contributed by atoms with Crippen molar-refractivity contribution >= 4 is 40.6 Å². The Morgan fingerprint density at radius 1 is 1.45 bits per heavy atom. The van der Waals surface area contributed by atoms with Gasteiger partial charge < -0.3 is 5.11 Å². The molecule has 1 aliphatic rings. The molecule has 1 aromatic rings.